The van der Waals surface area contributed by atoms with Crippen LogP contribution in [0.4, 0.5) is 18.9 Å². The second kappa shape index (κ2) is 6.54. The van der Waals surface area contributed by atoms with Gasteiger partial charge in [-0.3, -0.25) is 15.0 Å². The molecular weight excluding hydrogens is 351 g/mol. The Labute approximate surface area is 145 Å². The summed E-state index contributed by atoms with van der Waals surface area (Å²) >= 11 is 0. The molecule has 136 valence electrons. The number of aromatic amines is 2. The lowest BCUT2D eigenvalue weighted by Crippen LogP contribution is -2.17. The number of halogens is 3. The van der Waals surface area contributed by atoms with Crippen molar-refractivity contribution < 1.29 is 22.7 Å². The number of carbonyl (C=O) groups excluding carboxylic acids is 1. The molecule has 0 fully saturated rings. The molecule has 3 N–H and O–H groups in total. The van der Waals surface area contributed by atoms with Crippen molar-refractivity contribution in [1.29, 1.82) is 0 Å². The van der Waals surface area contributed by atoms with Gasteiger partial charge in [0.2, 0.25) is 0 Å². The highest BCUT2D eigenvalue weighted by molar-refractivity contribution is 6.04. The lowest BCUT2D eigenvalue weighted by Gasteiger charge is -2.07. The van der Waals surface area contributed by atoms with Crippen LogP contribution in [0.3, 0.4) is 0 Å². The average molecular weight is 365 g/mol. The van der Waals surface area contributed by atoms with Gasteiger partial charge in [-0.15, -0.1) is 0 Å². The van der Waals surface area contributed by atoms with Crippen molar-refractivity contribution in [2.24, 2.45) is 0 Å². The van der Waals surface area contributed by atoms with Crippen molar-refractivity contribution in [3.05, 3.63) is 47.4 Å². The number of nitrogens with zero attached hydrogens (tertiary/aromatic N) is 2. The van der Waals surface area contributed by atoms with E-state index in [4.69, 9.17) is 4.74 Å². The Morgan fingerprint density at radius 3 is 2.65 bits per heavy atom. The molecule has 7 nitrogen and oxygen atoms in total. The van der Waals surface area contributed by atoms with Crippen LogP contribution in [0, 0.1) is 6.92 Å². The second-order valence-corrected chi connectivity index (χ2v) is 5.42. The first kappa shape index (κ1) is 17.5. The number of benzene rings is 1. The van der Waals surface area contributed by atoms with E-state index < -0.39 is 23.5 Å². The molecule has 0 unspecified atom stereocenters. The third kappa shape index (κ3) is 3.39. The summed E-state index contributed by atoms with van der Waals surface area (Å²) in [6.45, 7) is 1.38. The van der Waals surface area contributed by atoms with Crippen LogP contribution >= 0.6 is 0 Å². The molecule has 2 aromatic heterocycles. The van der Waals surface area contributed by atoms with E-state index in [1.807, 2.05) is 0 Å². The molecule has 0 radical (unpaired) electrons. The lowest BCUT2D eigenvalue weighted by molar-refractivity contribution is -0.140. The Hall–Kier alpha value is -3.30. The zero-order valence-corrected chi connectivity index (χ0v) is 13.7. The molecule has 0 aliphatic rings. The summed E-state index contributed by atoms with van der Waals surface area (Å²) in [4.78, 5) is 12.3. The quantitative estimate of drug-likeness (QED) is 0.660. The maximum absolute atomic E-state index is 12.9. The van der Waals surface area contributed by atoms with E-state index in [1.165, 1.54) is 20.1 Å². The zero-order valence-electron chi connectivity index (χ0n) is 13.7. The number of anilines is 1. The number of hydrogen-bond acceptors (Lipinski definition) is 4. The highest BCUT2D eigenvalue weighted by Gasteiger charge is 2.38. The summed E-state index contributed by atoms with van der Waals surface area (Å²) in [6.07, 6.45) is -4.69. The van der Waals surface area contributed by atoms with Crippen molar-refractivity contribution in [3.8, 4) is 17.0 Å². The van der Waals surface area contributed by atoms with E-state index in [1.54, 1.807) is 24.3 Å². The molecule has 0 aliphatic carbocycles. The molecule has 3 aromatic rings. The van der Waals surface area contributed by atoms with Crippen LogP contribution in [0.2, 0.25) is 0 Å². The summed E-state index contributed by atoms with van der Waals surface area (Å²) in [5.41, 5.74) is -0.352. The molecule has 2 heterocycles. The van der Waals surface area contributed by atoms with E-state index in [2.05, 4.69) is 25.7 Å². The van der Waals surface area contributed by atoms with Crippen molar-refractivity contribution in [1.82, 2.24) is 20.4 Å². The molecule has 0 atom stereocenters. The van der Waals surface area contributed by atoms with E-state index >= 15 is 0 Å². The van der Waals surface area contributed by atoms with Gasteiger partial charge in [0, 0.05) is 5.56 Å². The van der Waals surface area contributed by atoms with Crippen LogP contribution in [0.25, 0.3) is 11.3 Å². The van der Waals surface area contributed by atoms with Crippen molar-refractivity contribution in [3.63, 3.8) is 0 Å². The van der Waals surface area contributed by atoms with Gasteiger partial charge in [-0.05, 0) is 25.1 Å². The minimum absolute atomic E-state index is 0.0107. The number of carbonyl (C=O) groups is 1. The molecule has 26 heavy (non-hydrogen) atoms. The van der Waals surface area contributed by atoms with Gasteiger partial charge in [0.1, 0.15) is 11.4 Å². The second-order valence-electron chi connectivity index (χ2n) is 5.42. The zero-order chi connectivity index (χ0) is 18.9. The van der Waals surface area contributed by atoms with Crippen molar-refractivity contribution >= 4 is 11.6 Å². The molecule has 0 saturated carbocycles. The van der Waals surface area contributed by atoms with Crippen LogP contribution < -0.4 is 10.1 Å². The molecule has 3 rings (SSSR count). The number of aromatic nitrogens is 4. The largest absolute Gasteiger partial charge is 0.497 e. The highest BCUT2D eigenvalue weighted by atomic mass is 19.4. The fourth-order valence-electron chi connectivity index (χ4n) is 2.34. The topological polar surface area (TPSA) is 95.7 Å². The smallest absolute Gasteiger partial charge is 0.437 e. The van der Waals surface area contributed by atoms with E-state index in [0.29, 0.717) is 17.0 Å². The predicted octanol–water partition coefficient (Wildman–Crippen LogP) is 3.39. The first-order valence-corrected chi connectivity index (χ1v) is 7.43. The standard InChI is InChI=1S/C16H14F3N5O2/c1-8-13(14(24-21-8)16(17,18)19)20-15(25)12-7-11(22-23-12)9-4-3-5-10(6-9)26-2/h3-7H,1-2H3,(H,20,25)(H,21,24)(H,22,23). The first-order chi connectivity index (χ1) is 12.3. The molecular formula is C16H14F3N5O2. The Morgan fingerprint density at radius 1 is 1.19 bits per heavy atom. The number of aryl methyl sites for hydroxylation is 1. The minimum atomic E-state index is -4.69. The number of nitrogens with one attached hydrogen (secondary N) is 3. The van der Waals surface area contributed by atoms with E-state index in [9.17, 15) is 18.0 Å². The van der Waals surface area contributed by atoms with Gasteiger partial charge < -0.3 is 10.1 Å². The van der Waals surface area contributed by atoms with Crippen LogP contribution in [0.15, 0.2) is 30.3 Å². The molecule has 0 bridgehead atoms. The number of methoxy groups -OCH3 is 1. The number of ether oxygens (including phenoxy) is 1. The summed E-state index contributed by atoms with van der Waals surface area (Å²) in [5, 5.41) is 14.2. The van der Waals surface area contributed by atoms with Crippen molar-refractivity contribution in [2.75, 3.05) is 12.4 Å². The number of hydrogen-bond donors (Lipinski definition) is 3. The molecule has 0 saturated heterocycles. The normalized spacial score (nSPS) is 11.4. The number of amides is 1. The maximum atomic E-state index is 12.9. The van der Waals surface area contributed by atoms with Gasteiger partial charge in [0.05, 0.1) is 24.2 Å². The van der Waals surface area contributed by atoms with Crippen LogP contribution in [0.1, 0.15) is 21.9 Å². The summed E-state index contributed by atoms with van der Waals surface area (Å²) in [6, 6.07) is 8.44. The summed E-state index contributed by atoms with van der Waals surface area (Å²) in [7, 11) is 1.52. The predicted molar refractivity (Wildman–Crippen MR) is 86.9 cm³/mol. The SMILES string of the molecule is COc1cccc(-c2cc(C(=O)Nc3c(C(F)(F)F)n[nH]c3C)[nH]n2)c1. The molecule has 10 heteroatoms. The van der Waals surface area contributed by atoms with Crippen LogP contribution in [0.5, 0.6) is 5.75 Å². The van der Waals surface area contributed by atoms with Crippen LogP contribution in [-0.2, 0) is 6.18 Å². The van der Waals surface area contributed by atoms with Gasteiger partial charge in [-0.2, -0.15) is 23.4 Å². The van der Waals surface area contributed by atoms with Gasteiger partial charge in [-0.1, -0.05) is 12.1 Å². The highest BCUT2D eigenvalue weighted by Crippen LogP contribution is 2.34. The Bertz CT molecular complexity index is 946. The summed E-state index contributed by atoms with van der Waals surface area (Å²) in [5.74, 6) is -0.151. The number of H-pyrrole nitrogens is 2. The van der Waals surface area contributed by atoms with E-state index in [0.717, 1.165) is 0 Å². The van der Waals surface area contributed by atoms with Crippen LogP contribution in [-0.4, -0.2) is 33.4 Å². The van der Waals surface area contributed by atoms with Gasteiger partial charge in [0.25, 0.3) is 5.91 Å². The van der Waals surface area contributed by atoms with Crippen molar-refractivity contribution in [2.45, 2.75) is 13.1 Å². The summed E-state index contributed by atoms with van der Waals surface area (Å²) < 4.78 is 44.0. The number of rotatable bonds is 4. The minimum Gasteiger partial charge on any atom is -0.497 e. The monoisotopic (exact) mass is 365 g/mol. The Morgan fingerprint density at radius 2 is 1.96 bits per heavy atom. The lowest BCUT2D eigenvalue weighted by atomic mass is 10.1. The fraction of sp³-hybridized carbons (Fsp3) is 0.188. The fourth-order valence-corrected chi connectivity index (χ4v) is 2.34. The number of alkyl halides is 3. The van der Waals surface area contributed by atoms with E-state index in [-0.39, 0.29) is 11.4 Å². The Balaban J connectivity index is 1.84. The van der Waals surface area contributed by atoms with Gasteiger partial charge >= 0.3 is 6.18 Å². The third-order valence-corrected chi connectivity index (χ3v) is 3.64. The van der Waals surface area contributed by atoms with Gasteiger partial charge in [-0.25, -0.2) is 0 Å². The first-order valence-electron chi connectivity index (χ1n) is 7.43. The molecule has 1 amide bonds. The maximum Gasteiger partial charge on any atom is 0.437 e. The van der Waals surface area contributed by atoms with Gasteiger partial charge in [0.15, 0.2) is 5.69 Å². The molecule has 0 spiro atoms. The third-order valence-electron chi connectivity index (χ3n) is 3.64. The molecule has 0 aliphatic heterocycles. The average Bonchev–Trinajstić information content (AvgIpc) is 3.22. The molecule has 1 aromatic carbocycles. The Kier molecular flexibility index (Phi) is 4.41.